The van der Waals surface area contributed by atoms with Gasteiger partial charge in [0.25, 0.3) is 0 Å². The number of aromatic nitrogens is 2. The molecule has 3 aromatic carbocycles. The van der Waals surface area contributed by atoms with Gasteiger partial charge in [0, 0.05) is 12.5 Å². The number of imidazole rings is 1. The van der Waals surface area contributed by atoms with Crippen molar-refractivity contribution in [1.82, 2.24) is 9.55 Å². The first-order chi connectivity index (χ1) is 13.4. The number of nitrogens with zero attached hydrogens (tertiary/aromatic N) is 2. The maximum absolute atomic E-state index is 13.1. The number of fused-ring (bicyclic) bond motifs is 2. The molecule has 0 aliphatic heterocycles. The summed E-state index contributed by atoms with van der Waals surface area (Å²) in [5.41, 5.74) is 1.60. The van der Waals surface area contributed by atoms with Crippen LogP contribution in [0.25, 0.3) is 21.8 Å². The standard InChI is InChI=1S/C23H21F3N2/c1-3-15(2)28-21-12-11-18(23(24,25)26)14-20(21)27-22(28)13-17-9-6-8-16-7-4-5-10-19(16)17/h4-12,14-15H,3,13H2,1-2H3. The van der Waals surface area contributed by atoms with Gasteiger partial charge in [-0.25, -0.2) is 4.98 Å². The maximum atomic E-state index is 13.1. The van der Waals surface area contributed by atoms with Gasteiger partial charge in [-0.05, 0) is 47.9 Å². The van der Waals surface area contributed by atoms with Crippen molar-refractivity contribution in [2.75, 3.05) is 0 Å². The van der Waals surface area contributed by atoms with Gasteiger partial charge in [0.2, 0.25) is 0 Å². The van der Waals surface area contributed by atoms with Gasteiger partial charge in [-0.15, -0.1) is 0 Å². The van der Waals surface area contributed by atoms with E-state index < -0.39 is 11.7 Å². The molecule has 0 spiro atoms. The fourth-order valence-electron chi connectivity index (χ4n) is 3.74. The van der Waals surface area contributed by atoms with E-state index in [2.05, 4.69) is 47.7 Å². The lowest BCUT2D eigenvalue weighted by Gasteiger charge is -2.17. The van der Waals surface area contributed by atoms with Crippen molar-refractivity contribution in [3.05, 3.63) is 77.6 Å². The van der Waals surface area contributed by atoms with Crippen molar-refractivity contribution in [3.8, 4) is 0 Å². The summed E-state index contributed by atoms with van der Waals surface area (Å²) in [6.45, 7) is 4.15. The molecule has 144 valence electrons. The maximum Gasteiger partial charge on any atom is 0.416 e. The molecule has 0 saturated heterocycles. The molecule has 0 aliphatic carbocycles. The first kappa shape index (κ1) is 18.5. The number of hydrogen-bond acceptors (Lipinski definition) is 1. The summed E-state index contributed by atoms with van der Waals surface area (Å²) in [5.74, 6) is 0.792. The first-order valence-electron chi connectivity index (χ1n) is 9.43. The van der Waals surface area contributed by atoms with E-state index in [0.29, 0.717) is 11.9 Å². The quantitative estimate of drug-likeness (QED) is 0.381. The van der Waals surface area contributed by atoms with Crippen LogP contribution in [0.2, 0.25) is 0 Å². The van der Waals surface area contributed by atoms with Gasteiger partial charge in [-0.2, -0.15) is 13.2 Å². The average Bonchev–Trinajstić information content (AvgIpc) is 3.04. The molecule has 0 radical (unpaired) electrons. The van der Waals surface area contributed by atoms with Crippen LogP contribution in [0.4, 0.5) is 13.2 Å². The Morgan fingerprint density at radius 3 is 2.50 bits per heavy atom. The van der Waals surface area contributed by atoms with Crippen LogP contribution >= 0.6 is 0 Å². The molecule has 1 heterocycles. The van der Waals surface area contributed by atoms with Gasteiger partial charge in [0.15, 0.2) is 0 Å². The monoisotopic (exact) mass is 382 g/mol. The molecular weight excluding hydrogens is 361 g/mol. The van der Waals surface area contributed by atoms with Gasteiger partial charge in [-0.1, -0.05) is 49.4 Å². The summed E-state index contributed by atoms with van der Waals surface area (Å²) < 4.78 is 41.5. The van der Waals surface area contributed by atoms with Crippen LogP contribution in [-0.4, -0.2) is 9.55 Å². The summed E-state index contributed by atoms with van der Waals surface area (Å²) >= 11 is 0. The molecule has 1 unspecified atom stereocenters. The van der Waals surface area contributed by atoms with Gasteiger partial charge in [-0.3, -0.25) is 0 Å². The van der Waals surface area contributed by atoms with Crippen LogP contribution in [0.15, 0.2) is 60.7 Å². The molecule has 0 fully saturated rings. The highest BCUT2D eigenvalue weighted by molar-refractivity contribution is 5.86. The molecule has 0 amide bonds. The Kier molecular flexibility index (Phi) is 4.61. The fraction of sp³-hybridized carbons (Fsp3) is 0.261. The largest absolute Gasteiger partial charge is 0.416 e. The van der Waals surface area contributed by atoms with Crippen LogP contribution in [0.3, 0.4) is 0 Å². The normalized spacial score (nSPS) is 13.3. The number of benzene rings is 3. The minimum Gasteiger partial charge on any atom is -0.325 e. The smallest absolute Gasteiger partial charge is 0.325 e. The highest BCUT2D eigenvalue weighted by atomic mass is 19.4. The third-order valence-corrected chi connectivity index (χ3v) is 5.35. The molecule has 0 N–H and O–H groups in total. The third-order valence-electron chi connectivity index (χ3n) is 5.35. The molecule has 28 heavy (non-hydrogen) atoms. The second-order valence-corrected chi connectivity index (χ2v) is 7.17. The summed E-state index contributed by atoms with van der Waals surface area (Å²) in [5, 5.41) is 2.29. The van der Waals surface area contributed by atoms with E-state index in [-0.39, 0.29) is 6.04 Å². The van der Waals surface area contributed by atoms with Gasteiger partial charge in [0.1, 0.15) is 5.82 Å². The number of hydrogen-bond donors (Lipinski definition) is 0. The topological polar surface area (TPSA) is 17.8 Å². The zero-order valence-electron chi connectivity index (χ0n) is 15.8. The third kappa shape index (κ3) is 3.26. The average molecular weight is 382 g/mol. The lowest BCUT2D eigenvalue weighted by Crippen LogP contribution is -2.09. The Morgan fingerprint density at radius 1 is 1.00 bits per heavy atom. The van der Waals surface area contributed by atoms with E-state index in [1.165, 1.54) is 0 Å². The van der Waals surface area contributed by atoms with Crippen molar-refractivity contribution < 1.29 is 13.2 Å². The van der Waals surface area contributed by atoms with Crippen LogP contribution in [0.1, 0.15) is 43.3 Å². The van der Waals surface area contributed by atoms with E-state index in [0.717, 1.165) is 46.2 Å². The van der Waals surface area contributed by atoms with E-state index >= 15 is 0 Å². The molecule has 1 aromatic heterocycles. The van der Waals surface area contributed by atoms with E-state index in [1.54, 1.807) is 6.07 Å². The van der Waals surface area contributed by atoms with Crippen molar-refractivity contribution in [2.45, 2.75) is 38.9 Å². The van der Waals surface area contributed by atoms with Crippen molar-refractivity contribution >= 4 is 21.8 Å². The van der Waals surface area contributed by atoms with E-state index in [1.807, 2.05) is 18.2 Å². The van der Waals surface area contributed by atoms with Gasteiger partial charge >= 0.3 is 6.18 Å². The molecule has 4 rings (SSSR count). The lowest BCUT2D eigenvalue weighted by molar-refractivity contribution is -0.137. The highest BCUT2D eigenvalue weighted by Crippen LogP contribution is 2.33. The number of alkyl halides is 3. The van der Waals surface area contributed by atoms with Crippen LogP contribution < -0.4 is 0 Å². The minimum absolute atomic E-state index is 0.145. The number of halogens is 3. The molecule has 4 aromatic rings. The Morgan fingerprint density at radius 2 is 1.75 bits per heavy atom. The van der Waals surface area contributed by atoms with E-state index in [4.69, 9.17) is 0 Å². The van der Waals surface area contributed by atoms with Crippen LogP contribution in [0.5, 0.6) is 0 Å². The summed E-state index contributed by atoms with van der Waals surface area (Å²) in [6, 6.07) is 18.3. The minimum atomic E-state index is -4.37. The zero-order chi connectivity index (χ0) is 19.9. The van der Waals surface area contributed by atoms with Crippen LogP contribution in [0, 0.1) is 0 Å². The molecule has 2 nitrogen and oxygen atoms in total. The predicted molar refractivity (Wildman–Crippen MR) is 106 cm³/mol. The molecule has 0 saturated carbocycles. The Bertz CT molecular complexity index is 1140. The summed E-state index contributed by atoms with van der Waals surface area (Å²) in [4.78, 5) is 4.62. The second kappa shape index (κ2) is 6.97. The Balaban J connectivity index is 1.87. The van der Waals surface area contributed by atoms with Crippen molar-refractivity contribution in [3.63, 3.8) is 0 Å². The molecule has 0 aliphatic rings. The molecular formula is C23H21F3N2. The van der Waals surface area contributed by atoms with Gasteiger partial charge < -0.3 is 4.57 Å². The van der Waals surface area contributed by atoms with Crippen LogP contribution in [-0.2, 0) is 12.6 Å². The first-order valence-corrected chi connectivity index (χ1v) is 9.43. The van der Waals surface area contributed by atoms with Crippen molar-refractivity contribution in [2.24, 2.45) is 0 Å². The predicted octanol–water partition coefficient (Wildman–Crippen LogP) is 6.77. The SMILES string of the molecule is CCC(C)n1c(Cc2cccc3ccccc23)nc2cc(C(F)(F)F)ccc21. The lowest BCUT2D eigenvalue weighted by atomic mass is 10.0. The number of rotatable bonds is 4. The zero-order valence-corrected chi connectivity index (χ0v) is 15.8. The Labute approximate surface area is 161 Å². The molecule has 5 heteroatoms. The van der Waals surface area contributed by atoms with Crippen molar-refractivity contribution in [1.29, 1.82) is 0 Å². The summed E-state index contributed by atoms with van der Waals surface area (Å²) in [6.07, 6.45) is -2.93. The fourth-order valence-corrected chi connectivity index (χ4v) is 3.74. The van der Waals surface area contributed by atoms with Gasteiger partial charge in [0.05, 0.1) is 16.6 Å². The highest BCUT2D eigenvalue weighted by Gasteiger charge is 2.31. The molecule has 1 atom stereocenters. The summed E-state index contributed by atoms with van der Waals surface area (Å²) in [7, 11) is 0. The Hall–Kier alpha value is -2.82. The van der Waals surface area contributed by atoms with E-state index in [9.17, 15) is 13.2 Å². The molecule has 0 bridgehead atoms. The second-order valence-electron chi connectivity index (χ2n) is 7.17.